The predicted molar refractivity (Wildman–Crippen MR) is 130 cm³/mol. The van der Waals surface area contributed by atoms with Crippen molar-refractivity contribution in [2.75, 3.05) is 12.4 Å². The van der Waals surface area contributed by atoms with Gasteiger partial charge in [0.1, 0.15) is 16.8 Å². The highest BCUT2D eigenvalue weighted by atomic mass is 79.9. The highest BCUT2D eigenvalue weighted by Gasteiger charge is 2.32. The lowest BCUT2D eigenvalue weighted by molar-refractivity contribution is -0.111. The van der Waals surface area contributed by atoms with Crippen LogP contribution >= 0.6 is 43.2 Å². The summed E-state index contributed by atoms with van der Waals surface area (Å²) in [6.07, 6.45) is 6.11. The second kappa shape index (κ2) is 9.25. The normalized spacial score (nSPS) is 16.2. The zero-order valence-electron chi connectivity index (χ0n) is 17.4. The van der Waals surface area contributed by atoms with Gasteiger partial charge in [0.05, 0.1) is 17.1 Å². The molecule has 158 valence electrons. The van der Waals surface area contributed by atoms with Gasteiger partial charge in [-0.05, 0) is 70.3 Å². The lowest BCUT2D eigenvalue weighted by Crippen LogP contribution is -2.26. The summed E-state index contributed by atoms with van der Waals surface area (Å²) in [5.41, 5.74) is 2.73. The molecule has 1 aromatic carbocycles. The van der Waals surface area contributed by atoms with E-state index in [1.165, 1.54) is 11.0 Å². The zero-order chi connectivity index (χ0) is 22.1. The number of hydrogen-bond donors (Lipinski definition) is 1. The minimum Gasteiger partial charge on any atom is -0.495 e. The Hall–Kier alpha value is -1.62. The highest BCUT2D eigenvalue weighted by molar-refractivity contribution is 9.11. The van der Waals surface area contributed by atoms with Crippen LogP contribution in [0.25, 0.3) is 6.08 Å². The SMILES string of the molecule is COc1c(Br)cc(Br)cc1/C=C/C(=O)Nc1sc2c(c1C#N)CC[C@H](C(C)(C)C)C2. The van der Waals surface area contributed by atoms with Crippen LogP contribution in [0.2, 0.25) is 0 Å². The average molecular weight is 552 g/mol. The van der Waals surface area contributed by atoms with Crippen LogP contribution in [-0.2, 0) is 17.6 Å². The van der Waals surface area contributed by atoms with E-state index in [0.29, 0.717) is 22.2 Å². The molecule has 0 radical (unpaired) electrons. The standard InChI is InChI=1S/C23H24Br2N2O2S/c1-23(2,3)14-6-7-16-17(12-26)22(30-19(16)10-14)27-20(28)8-5-13-9-15(24)11-18(25)21(13)29-4/h5,8-9,11,14H,6-7,10H2,1-4H3,(H,27,28)/b8-5+/t14-/m0/s1. The van der Waals surface area contributed by atoms with Crippen molar-refractivity contribution < 1.29 is 9.53 Å². The third kappa shape index (κ3) is 4.99. The number of carbonyl (C=O) groups is 1. The van der Waals surface area contributed by atoms with E-state index in [4.69, 9.17) is 4.74 Å². The third-order valence-corrected chi connectivity index (χ3v) is 7.71. The van der Waals surface area contributed by atoms with E-state index in [-0.39, 0.29) is 11.3 Å². The number of methoxy groups -OCH3 is 1. The molecule has 1 heterocycles. The number of ether oxygens (including phenoxy) is 1. The summed E-state index contributed by atoms with van der Waals surface area (Å²) in [6.45, 7) is 6.80. The van der Waals surface area contributed by atoms with Crippen molar-refractivity contribution in [2.24, 2.45) is 11.3 Å². The molecule has 3 rings (SSSR count). The Bertz CT molecular complexity index is 1040. The van der Waals surface area contributed by atoms with Crippen LogP contribution in [0.3, 0.4) is 0 Å². The molecule has 30 heavy (non-hydrogen) atoms. The van der Waals surface area contributed by atoms with Gasteiger partial charge in [-0.15, -0.1) is 11.3 Å². The Morgan fingerprint density at radius 3 is 2.73 bits per heavy atom. The largest absolute Gasteiger partial charge is 0.495 e. The molecule has 0 spiro atoms. The summed E-state index contributed by atoms with van der Waals surface area (Å²) < 4.78 is 7.09. The van der Waals surface area contributed by atoms with Crippen LogP contribution in [0.5, 0.6) is 5.75 Å². The molecule has 1 amide bonds. The number of benzene rings is 1. The lowest BCUT2D eigenvalue weighted by atomic mass is 9.72. The number of carbonyl (C=O) groups excluding carboxylic acids is 1. The van der Waals surface area contributed by atoms with Crippen LogP contribution < -0.4 is 10.1 Å². The van der Waals surface area contributed by atoms with Crippen LogP contribution in [0.15, 0.2) is 27.2 Å². The number of amides is 1. The van der Waals surface area contributed by atoms with Crippen LogP contribution in [0, 0.1) is 22.7 Å². The van der Waals surface area contributed by atoms with Gasteiger partial charge in [-0.3, -0.25) is 4.79 Å². The molecular weight excluding hydrogens is 528 g/mol. The fraction of sp³-hybridized carbons (Fsp3) is 0.391. The maximum Gasteiger partial charge on any atom is 0.249 e. The Morgan fingerprint density at radius 1 is 1.37 bits per heavy atom. The number of fused-ring (bicyclic) bond motifs is 1. The first-order chi connectivity index (χ1) is 14.1. The quantitative estimate of drug-likeness (QED) is 0.418. The number of halogens is 2. The van der Waals surface area contributed by atoms with Gasteiger partial charge in [0.2, 0.25) is 5.91 Å². The van der Waals surface area contributed by atoms with E-state index in [1.807, 2.05) is 12.1 Å². The summed E-state index contributed by atoms with van der Waals surface area (Å²) in [4.78, 5) is 13.8. The molecule has 0 saturated heterocycles. The van der Waals surface area contributed by atoms with E-state index in [0.717, 1.165) is 39.3 Å². The highest BCUT2D eigenvalue weighted by Crippen LogP contribution is 2.44. The molecule has 2 aromatic rings. The smallest absolute Gasteiger partial charge is 0.249 e. The van der Waals surface area contributed by atoms with Gasteiger partial charge in [-0.2, -0.15) is 5.26 Å². The molecule has 1 N–H and O–H groups in total. The number of rotatable bonds is 4. The maximum atomic E-state index is 12.6. The van der Waals surface area contributed by atoms with E-state index < -0.39 is 0 Å². The first-order valence-electron chi connectivity index (χ1n) is 9.70. The van der Waals surface area contributed by atoms with Gasteiger partial charge in [-0.1, -0.05) is 36.7 Å². The molecule has 1 aliphatic carbocycles. The fourth-order valence-electron chi connectivity index (χ4n) is 3.77. The van der Waals surface area contributed by atoms with Gasteiger partial charge in [-0.25, -0.2) is 0 Å². The number of nitrogens with one attached hydrogen (secondary N) is 1. The van der Waals surface area contributed by atoms with Crippen molar-refractivity contribution in [3.63, 3.8) is 0 Å². The first-order valence-corrected chi connectivity index (χ1v) is 12.1. The summed E-state index contributed by atoms with van der Waals surface area (Å²) in [6, 6.07) is 6.07. The van der Waals surface area contributed by atoms with Crippen molar-refractivity contribution in [3.8, 4) is 11.8 Å². The molecule has 1 aliphatic rings. The minimum absolute atomic E-state index is 0.234. The summed E-state index contributed by atoms with van der Waals surface area (Å²) in [5.74, 6) is 0.969. The van der Waals surface area contributed by atoms with E-state index in [2.05, 4.69) is 64.0 Å². The number of anilines is 1. The van der Waals surface area contributed by atoms with E-state index in [9.17, 15) is 10.1 Å². The van der Waals surface area contributed by atoms with Crippen molar-refractivity contribution >= 4 is 60.2 Å². The van der Waals surface area contributed by atoms with Crippen LogP contribution in [0.1, 0.15) is 48.8 Å². The monoisotopic (exact) mass is 550 g/mol. The average Bonchev–Trinajstić information content (AvgIpc) is 3.01. The Morgan fingerprint density at radius 2 is 2.10 bits per heavy atom. The van der Waals surface area contributed by atoms with Crippen molar-refractivity contribution in [1.29, 1.82) is 5.26 Å². The molecule has 0 bridgehead atoms. The Kier molecular flexibility index (Phi) is 7.11. The third-order valence-electron chi connectivity index (χ3n) is 5.49. The molecular formula is C23H24Br2N2O2S. The van der Waals surface area contributed by atoms with Crippen LogP contribution in [-0.4, -0.2) is 13.0 Å². The molecule has 4 nitrogen and oxygen atoms in total. The van der Waals surface area contributed by atoms with E-state index >= 15 is 0 Å². The number of nitriles is 1. The topological polar surface area (TPSA) is 62.1 Å². The molecule has 1 atom stereocenters. The van der Waals surface area contributed by atoms with Crippen molar-refractivity contribution in [1.82, 2.24) is 0 Å². The van der Waals surface area contributed by atoms with Crippen LogP contribution in [0.4, 0.5) is 5.00 Å². The second-order valence-corrected chi connectivity index (χ2v) is 11.3. The zero-order valence-corrected chi connectivity index (χ0v) is 21.4. The van der Waals surface area contributed by atoms with Gasteiger partial charge < -0.3 is 10.1 Å². The molecule has 0 fully saturated rings. The van der Waals surface area contributed by atoms with Gasteiger partial charge in [0, 0.05) is 21.0 Å². The molecule has 0 aliphatic heterocycles. The number of hydrogen-bond acceptors (Lipinski definition) is 4. The van der Waals surface area contributed by atoms with E-state index in [1.54, 1.807) is 24.5 Å². The Labute approximate surface area is 198 Å². The first kappa shape index (κ1) is 23.1. The molecule has 7 heteroatoms. The number of thiophene rings is 1. The molecule has 0 unspecified atom stereocenters. The minimum atomic E-state index is -0.268. The second-order valence-electron chi connectivity index (χ2n) is 8.46. The summed E-state index contributed by atoms with van der Waals surface area (Å²) in [7, 11) is 1.59. The lowest BCUT2D eigenvalue weighted by Gasteiger charge is -2.33. The number of nitrogens with zero attached hydrogens (tertiary/aromatic N) is 1. The van der Waals surface area contributed by atoms with Gasteiger partial charge in [0.25, 0.3) is 0 Å². The Balaban J connectivity index is 1.81. The summed E-state index contributed by atoms with van der Waals surface area (Å²) >= 11 is 8.46. The molecule has 0 saturated carbocycles. The fourth-order valence-corrected chi connectivity index (χ4v) is 6.47. The summed E-state index contributed by atoms with van der Waals surface area (Å²) in [5, 5.41) is 13.3. The predicted octanol–water partition coefficient (Wildman–Crippen LogP) is 6.96. The van der Waals surface area contributed by atoms with Gasteiger partial charge in [0.15, 0.2) is 0 Å². The molecule has 1 aromatic heterocycles. The maximum absolute atomic E-state index is 12.6. The van der Waals surface area contributed by atoms with Crippen molar-refractivity contribution in [2.45, 2.75) is 40.0 Å². The van der Waals surface area contributed by atoms with Crippen molar-refractivity contribution in [3.05, 3.63) is 48.7 Å². The van der Waals surface area contributed by atoms with Gasteiger partial charge >= 0.3 is 0 Å².